The van der Waals surface area contributed by atoms with Crippen molar-refractivity contribution >= 4 is 11.9 Å². The first-order chi connectivity index (χ1) is 9.11. The molecule has 0 aromatic carbocycles. The molecular formula is C12H16N2O5. The van der Waals surface area contributed by atoms with Crippen LogP contribution in [0.4, 0.5) is 0 Å². The molecule has 1 aliphatic rings. The highest BCUT2D eigenvalue weighted by Crippen LogP contribution is 2.14. The van der Waals surface area contributed by atoms with Gasteiger partial charge in [0.05, 0.1) is 13.7 Å². The van der Waals surface area contributed by atoms with Gasteiger partial charge in [0.25, 0.3) is 0 Å². The average Bonchev–Trinajstić information content (AvgIpc) is 2.86. The highest BCUT2D eigenvalue weighted by atomic mass is 16.5. The number of nitrogens with one attached hydrogen (secondary N) is 1. The molecule has 1 atom stereocenters. The Labute approximate surface area is 110 Å². The van der Waals surface area contributed by atoms with Crippen LogP contribution in [0, 0.1) is 0 Å². The molecule has 0 aliphatic carbocycles. The molecule has 7 nitrogen and oxygen atoms in total. The summed E-state index contributed by atoms with van der Waals surface area (Å²) >= 11 is 0. The molecule has 0 bridgehead atoms. The summed E-state index contributed by atoms with van der Waals surface area (Å²) in [6.45, 7) is 2.11. The number of carbonyl (C=O) groups is 2. The van der Waals surface area contributed by atoms with Crippen molar-refractivity contribution in [3.05, 3.63) is 23.7 Å². The van der Waals surface area contributed by atoms with E-state index in [4.69, 9.17) is 9.52 Å². The van der Waals surface area contributed by atoms with Crippen molar-refractivity contribution in [3.63, 3.8) is 0 Å². The Morgan fingerprint density at radius 3 is 3.05 bits per heavy atom. The summed E-state index contributed by atoms with van der Waals surface area (Å²) in [5.74, 6) is -0.735. The number of nitrogens with zero attached hydrogens (tertiary/aromatic N) is 1. The van der Waals surface area contributed by atoms with Crippen LogP contribution in [0.15, 0.2) is 16.5 Å². The third kappa shape index (κ3) is 3.12. The minimum absolute atomic E-state index is 0.125. The van der Waals surface area contributed by atoms with Gasteiger partial charge in [-0.1, -0.05) is 0 Å². The molecule has 0 amide bonds. The van der Waals surface area contributed by atoms with E-state index in [1.165, 1.54) is 13.2 Å². The monoisotopic (exact) mass is 268 g/mol. The molecule has 2 rings (SSSR count). The van der Waals surface area contributed by atoms with E-state index in [2.05, 4.69) is 10.1 Å². The number of ether oxygens (including phenoxy) is 1. The van der Waals surface area contributed by atoms with E-state index < -0.39 is 18.0 Å². The predicted molar refractivity (Wildman–Crippen MR) is 64.8 cm³/mol. The number of aliphatic carboxylic acids is 1. The molecule has 2 heterocycles. The van der Waals surface area contributed by atoms with Gasteiger partial charge in [0.15, 0.2) is 0 Å². The van der Waals surface area contributed by atoms with Crippen LogP contribution in [-0.4, -0.2) is 54.7 Å². The second-order valence-corrected chi connectivity index (χ2v) is 4.29. The van der Waals surface area contributed by atoms with Gasteiger partial charge in [-0.2, -0.15) is 0 Å². The molecule has 104 valence electrons. The first-order valence-electron chi connectivity index (χ1n) is 5.96. The summed E-state index contributed by atoms with van der Waals surface area (Å²) in [6.07, 6.45) is 0. The Bertz CT molecular complexity index is 470. The number of carbonyl (C=O) groups excluding carboxylic acids is 1. The maximum Gasteiger partial charge on any atom is 0.373 e. The van der Waals surface area contributed by atoms with Crippen molar-refractivity contribution in [3.8, 4) is 0 Å². The molecule has 19 heavy (non-hydrogen) atoms. The van der Waals surface area contributed by atoms with E-state index in [1.54, 1.807) is 11.0 Å². The summed E-state index contributed by atoms with van der Waals surface area (Å²) in [5, 5.41) is 12.2. The maximum absolute atomic E-state index is 11.3. The Morgan fingerprint density at radius 2 is 2.37 bits per heavy atom. The molecule has 1 aliphatic heterocycles. The maximum atomic E-state index is 11.3. The van der Waals surface area contributed by atoms with E-state index in [9.17, 15) is 9.59 Å². The van der Waals surface area contributed by atoms with Gasteiger partial charge < -0.3 is 19.6 Å². The zero-order valence-corrected chi connectivity index (χ0v) is 10.6. The Kier molecular flexibility index (Phi) is 4.18. The third-order valence-electron chi connectivity index (χ3n) is 3.05. The third-order valence-corrected chi connectivity index (χ3v) is 3.05. The van der Waals surface area contributed by atoms with Crippen molar-refractivity contribution in [1.29, 1.82) is 0 Å². The molecule has 1 fully saturated rings. The number of furan rings is 1. The summed E-state index contributed by atoms with van der Waals surface area (Å²) in [5.41, 5.74) is 0. The quantitative estimate of drug-likeness (QED) is 0.738. The van der Waals surface area contributed by atoms with E-state index in [0.29, 0.717) is 25.4 Å². The SMILES string of the molecule is COC(=O)c1ccc(CN2CCNCC2C(=O)O)o1. The van der Waals surface area contributed by atoms with Crippen LogP contribution in [-0.2, 0) is 16.1 Å². The molecule has 2 N–H and O–H groups in total. The van der Waals surface area contributed by atoms with Crippen LogP contribution in [0.25, 0.3) is 0 Å². The van der Waals surface area contributed by atoms with Gasteiger partial charge in [-0.15, -0.1) is 0 Å². The lowest BCUT2D eigenvalue weighted by molar-refractivity contribution is -0.144. The summed E-state index contributed by atoms with van der Waals surface area (Å²) in [7, 11) is 1.28. The van der Waals surface area contributed by atoms with Crippen LogP contribution in [0.3, 0.4) is 0 Å². The lowest BCUT2D eigenvalue weighted by atomic mass is 10.2. The molecule has 1 saturated heterocycles. The first kappa shape index (κ1) is 13.6. The lowest BCUT2D eigenvalue weighted by Gasteiger charge is -2.32. The second kappa shape index (κ2) is 5.85. The van der Waals surface area contributed by atoms with E-state index in [1.807, 2.05) is 0 Å². The largest absolute Gasteiger partial charge is 0.480 e. The molecule has 0 spiro atoms. The predicted octanol–water partition coefficient (Wildman–Crippen LogP) is -0.0754. The minimum atomic E-state index is -0.869. The number of methoxy groups -OCH3 is 1. The van der Waals surface area contributed by atoms with Crippen LogP contribution in [0.2, 0.25) is 0 Å². The van der Waals surface area contributed by atoms with Gasteiger partial charge in [0.2, 0.25) is 5.76 Å². The molecule has 1 unspecified atom stereocenters. The van der Waals surface area contributed by atoms with E-state index in [0.717, 1.165) is 6.54 Å². The number of carboxylic acid groups (broad SMARTS) is 1. The van der Waals surface area contributed by atoms with Gasteiger partial charge in [0, 0.05) is 19.6 Å². The van der Waals surface area contributed by atoms with E-state index >= 15 is 0 Å². The number of hydrogen-bond donors (Lipinski definition) is 2. The van der Waals surface area contributed by atoms with E-state index in [-0.39, 0.29) is 5.76 Å². The summed E-state index contributed by atoms with van der Waals surface area (Å²) in [6, 6.07) is 2.60. The topological polar surface area (TPSA) is 92.0 Å². The molecule has 1 aromatic rings. The molecule has 1 aromatic heterocycles. The van der Waals surface area contributed by atoms with Gasteiger partial charge in [-0.3, -0.25) is 9.69 Å². The fraction of sp³-hybridized carbons (Fsp3) is 0.500. The molecular weight excluding hydrogens is 252 g/mol. The average molecular weight is 268 g/mol. The van der Waals surface area contributed by atoms with Crippen LogP contribution >= 0.6 is 0 Å². The molecule has 0 radical (unpaired) electrons. The standard InChI is InChI=1S/C12H16N2O5/c1-18-12(17)10-3-2-8(19-10)7-14-5-4-13-6-9(14)11(15)16/h2-3,9,13H,4-7H2,1H3,(H,15,16). The van der Waals surface area contributed by atoms with Crippen molar-refractivity contribution in [2.45, 2.75) is 12.6 Å². The minimum Gasteiger partial charge on any atom is -0.480 e. The number of piperazine rings is 1. The zero-order chi connectivity index (χ0) is 13.8. The Hall–Kier alpha value is -1.86. The van der Waals surface area contributed by atoms with Gasteiger partial charge in [0.1, 0.15) is 11.8 Å². The molecule has 7 heteroatoms. The highest BCUT2D eigenvalue weighted by molar-refractivity contribution is 5.86. The Balaban J connectivity index is 2.04. The van der Waals surface area contributed by atoms with Crippen molar-refractivity contribution in [2.75, 3.05) is 26.7 Å². The normalized spacial score (nSPS) is 20.2. The fourth-order valence-electron chi connectivity index (χ4n) is 2.05. The smallest absolute Gasteiger partial charge is 0.373 e. The van der Waals surface area contributed by atoms with Crippen LogP contribution in [0.5, 0.6) is 0 Å². The summed E-state index contributed by atoms with van der Waals surface area (Å²) < 4.78 is 9.89. The van der Waals surface area contributed by atoms with Crippen molar-refractivity contribution < 1.29 is 23.8 Å². The van der Waals surface area contributed by atoms with Gasteiger partial charge in [-0.25, -0.2) is 4.79 Å². The van der Waals surface area contributed by atoms with Gasteiger partial charge >= 0.3 is 11.9 Å². The Morgan fingerprint density at radius 1 is 1.58 bits per heavy atom. The molecule has 0 saturated carbocycles. The number of carboxylic acids is 1. The highest BCUT2D eigenvalue weighted by Gasteiger charge is 2.29. The first-order valence-corrected chi connectivity index (χ1v) is 5.96. The van der Waals surface area contributed by atoms with Crippen molar-refractivity contribution in [2.24, 2.45) is 0 Å². The van der Waals surface area contributed by atoms with Crippen molar-refractivity contribution in [1.82, 2.24) is 10.2 Å². The number of rotatable bonds is 4. The lowest BCUT2D eigenvalue weighted by Crippen LogP contribution is -2.54. The van der Waals surface area contributed by atoms with Gasteiger partial charge in [-0.05, 0) is 12.1 Å². The zero-order valence-electron chi connectivity index (χ0n) is 10.6. The second-order valence-electron chi connectivity index (χ2n) is 4.29. The van der Waals surface area contributed by atoms with Crippen LogP contribution in [0.1, 0.15) is 16.3 Å². The number of esters is 1. The van der Waals surface area contributed by atoms with Crippen LogP contribution < -0.4 is 5.32 Å². The number of hydrogen-bond acceptors (Lipinski definition) is 6. The fourth-order valence-corrected chi connectivity index (χ4v) is 2.05. The summed E-state index contributed by atoms with van der Waals surface area (Å²) in [4.78, 5) is 24.2.